The first-order valence-electron chi connectivity index (χ1n) is 10.3. The van der Waals surface area contributed by atoms with E-state index < -0.39 is 0 Å². The van der Waals surface area contributed by atoms with Crippen LogP contribution in [-0.4, -0.2) is 41.8 Å². The fourth-order valence-corrected chi connectivity index (χ4v) is 4.46. The van der Waals surface area contributed by atoms with Crippen molar-refractivity contribution >= 4 is 34.2 Å². The normalized spacial score (nSPS) is 16.5. The van der Waals surface area contributed by atoms with Crippen molar-refractivity contribution in [3.8, 4) is 0 Å². The minimum Gasteiger partial charge on any atom is -0.341 e. The summed E-state index contributed by atoms with van der Waals surface area (Å²) in [6.07, 6.45) is 1.63. The summed E-state index contributed by atoms with van der Waals surface area (Å²) in [6.45, 7) is 1.65. The van der Waals surface area contributed by atoms with Gasteiger partial charge >= 0.3 is 0 Å². The molecule has 3 aromatic rings. The number of piperidine rings is 1. The second-order valence-corrected chi connectivity index (χ2v) is 8.38. The molecule has 4 nitrogen and oxygen atoms in total. The number of rotatable bonds is 4. The lowest BCUT2D eigenvalue weighted by atomic mass is 9.95. The summed E-state index contributed by atoms with van der Waals surface area (Å²) in [5, 5.41) is 2.67. The van der Waals surface area contributed by atoms with Gasteiger partial charge in [0.1, 0.15) is 0 Å². The summed E-state index contributed by atoms with van der Waals surface area (Å²) in [6, 6.07) is 21.3. The first-order valence-corrected chi connectivity index (χ1v) is 10.7. The number of carbonyl (C=O) groups is 2. The Kier molecular flexibility index (Phi) is 6.05. The van der Waals surface area contributed by atoms with E-state index in [1.807, 2.05) is 78.7 Å². The number of fused-ring (bicyclic) bond motifs is 1. The van der Waals surface area contributed by atoms with Crippen LogP contribution < -0.4 is 0 Å². The van der Waals surface area contributed by atoms with Gasteiger partial charge in [-0.25, -0.2) is 0 Å². The number of nitrogens with zero attached hydrogens (tertiary/aromatic N) is 2. The number of hydrogen-bond donors (Lipinski definition) is 0. The van der Waals surface area contributed by atoms with Crippen LogP contribution in [0.1, 0.15) is 28.8 Å². The highest BCUT2D eigenvalue weighted by Crippen LogP contribution is 2.25. The highest BCUT2D eigenvalue weighted by atomic mass is 35.5. The molecule has 1 saturated heterocycles. The van der Waals surface area contributed by atoms with Crippen LogP contribution in [0.3, 0.4) is 0 Å². The van der Waals surface area contributed by atoms with Gasteiger partial charge in [-0.2, -0.15) is 0 Å². The van der Waals surface area contributed by atoms with Crippen molar-refractivity contribution in [3.63, 3.8) is 0 Å². The molecule has 0 N–H and O–H groups in total. The Morgan fingerprint density at radius 1 is 1.07 bits per heavy atom. The third kappa shape index (κ3) is 4.34. The van der Waals surface area contributed by atoms with E-state index in [4.69, 9.17) is 11.6 Å². The first-order chi connectivity index (χ1) is 14.5. The predicted molar refractivity (Wildman–Crippen MR) is 121 cm³/mol. The smallest absolute Gasteiger partial charge is 0.254 e. The Balaban J connectivity index is 1.47. The van der Waals surface area contributed by atoms with Gasteiger partial charge < -0.3 is 9.80 Å². The fourth-order valence-electron chi connectivity index (χ4n) is 4.24. The summed E-state index contributed by atoms with van der Waals surface area (Å²) in [5.41, 5.74) is 1.70. The van der Waals surface area contributed by atoms with Gasteiger partial charge in [-0.1, -0.05) is 60.1 Å². The molecule has 1 heterocycles. The Bertz CT molecular complexity index is 1080. The molecular formula is C25H25ClN2O2. The van der Waals surface area contributed by atoms with Crippen LogP contribution in [0, 0.1) is 5.92 Å². The zero-order valence-electron chi connectivity index (χ0n) is 17.1. The minimum absolute atomic E-state index is 0.00166. The van der Waals surface area contributed by atoms with Gasteiger partial charge in [-0.15, -0.1) is 0 Å². The Labute approximate surface area is 182 Å². The molecule has 1 aliphatic heterocycles. The number of amides is 2. The van der Waals surface area contributed by atoms with Gasteiger partial charge in [0.2, 0.25) is 5.91 Å². The van der Waals surface area contributed by atoms with Gasteiger partial charge in [-0.05, 0) is 47.4 Å². The molecule has 0 spiro atoms. The fraction of sp³-hybridized carbons (Fsp3) is 0.280. The van der Waals surface area contributed by atoms with Crippen LogP contribution in [-0.2, 0) is 11.3 Å². The molecule has 0 radical (unpaired) electrons. The van der Waals surface area contributed by atoms with Crippen LogP contribution in [0.4, 0.5) is 0 Å². The van der Waals surface area contributed by atoms with Crippen LogP contribution in [0.25, 0.3) is 10.8 Å². The largest absolute Gasteiger partial charge is 0.341 e. The second-order valence-electron chi connectivity index (χ2n) is 7.94. The zero-order valence-corrected chi connectivity index (χ0v) is 17.8. The summed E-state index contributed by atoms with van der Waals surface area (Å²) in [4.78, 5) is 29.9. The van der Waals surface area contributed by atoms with Gasteiger partial charge in [0.05, 0.1) is 5.92 Å². The van der Waals surface area contributed by atoms with E-state index >= 15 is 0 Å². The highest BCUT2D eigenvalue weighted by Gasteiger charge is 2.31. The molecule has 154 valence electrons. The lowest BCUT2D eigenvalue weighted by molar-refractivity contribution is -0.136. The van der Waals surface area contributed by atoms with Crippen LogP contribution in [0.5, 0.6) is 0 Å². The molecule has 1 fully saturated rings. The van der Waals surface area contributed by atoms with Crippen molar-refractivity contribution in [2.24, 2.45) is 5.92 Å². The maximum absolute atomic E-state index is 13.3. The van der Waals surface area contributed by atoms with Gasteiger partial charge in [0, 0.05) is 37.3 Å². The molecule has 0 saturated carbocycles. The van der Waals surface area contributed by atoms with Gasteiger partial charge in [0.25, 0.3) is 5.91 Å². The number of likely N-dealkylation sites (tertiary alicyclic amines) is 1. The second kappa shape index (κ2) is 8.88. The van der Waals surface area contributed by atoms with Crippen molar-refractivity contribution in [2.75, 3.05) is 20.1 Å². The maximum Gasteiger partial charge on any atom is 0.254 e. The Morgan fingerprint density at radius 3 is 2.67 bits per heavy atom. The average Bonchev–Trinajstić information content (AvgIpc) is 2.77. The molecule has 0 aromatic heterocycles. The average molecular weight is 421 g/mol. The van der Waals surface area contributed by atoms with E-state index in [-0.39, 0.29) is 17.7 Å². The molecule has 5 heteroatoms. The van der Waals surface area contributed by atoms with E-state index in [0.717, 1.165) is 29.2 Å². The molecule has 1 atom stereocenters. The SMILES string of the molecule is CN(Cc1cccc(Cl)c1)C(=O)C1CCCN(C(=O)c2cccc3ccccc23)C1. The number of benzene rings is 3. The third-order valence-electron chi connectivity index (χ3n) is 5.76. The monoisotopic (exact) mass is 420 g/mol. The van der Waals surface area contributed by atoms with E-state index in [0.29, 0.717) is 30.2 Å². The predicted octanol–water partition coefficient (Wildman–Crippen LogP) is 5.00. The molecule has 30 heavy (non-hydrogen) atoms. The molecule has 0 bridgehead atoms. The minimum atomic E-state index is -0.179. The van der Waals surface area contributed by atoms with Crippen molar-refractivity contribution in [3.05, 3.63) is 82.9 Å². The summed E-state index contributed by atoms with van der Waals surface area (Å²) >= 11 is 6.06. The van der Waals surface area contributed by atoms with Crippen LogP contribution in [0.15, 0.2) is 66.7 Å². The van der Waals surface area contributed by atoms with Gasteiger partial charge in [0.15, 0.2) is 0 Å². The van der Waals surface area contributed by atoms with E-state index in [2.05, 4.69) is 0 Å². The van der Waals surface area contributed by atoms with Gasteiger partial charge in [-0.3, -0.25) is 9.59 Å². The van der Waals surface area contributed by atoms with Crippen molar-refractivity contribution in [1.29, 1.82) is 0 Å². The third-order valence-corrected chi connectivity index (χ3v) is 6.00. The number of hydrogen-bond acceptors (Lipinski definition) is 2. The lowest BCUT2D eigenvalue weighted by Crippen LogP contribution is -2.45. The van der Waals surface area contributed by atoms with Crippen molar-refractivity contribution < 1.29 is 9.59 Å². The van der Waals surface area contributed by atoms with Crippen LogP contribution in [0.2, 0.25) is 5.02 Å². The zero-order chi connectivity index (χ0) is 21.1. The quantitative estimate of drug-likeness (QED) is 0.595. The summed E-state index contributed by atoms with van der Waals surface area (Å²) in [7, 11) is 1.81. The molecule has 0 aliphatic carbocycles. The van der Waals surface area contributed by atoms with Crippen molar-refractivity contribution in [1.82, 2.24) is 9.80 Å². The van der Waals surface area contributed by atoms with E-state index in [9.17, 15) is 9.59 Å². The Hall–Kier alpha value is -2.85. The number of halogens is 1. The summed E-state index contributed by atoms with van der Waals surface area (Å²) in [5.74, 6) is -0.103. The highest BCUT2D eigenvalue weighted by molar-refractivity contribution is 6.30. The lowest BCUT2D eigenvalue weighted by Gasteiger charge is -2.34. The number of carbonyl (C=O) groups excluding carboxylic acids is 2. The van der Waals surface area contributed by atoms with E-state index in [1.54, 1.807) is 4.90 Å². The molecule has 2 amide bonds. The summed E-state index contributed by atoms with van der Waals surface area (Å²) < 4.78 is 0. The van der Waals surface area contributed by atoms with Crippen molar-refractivity contribution in [2.45, 2.75) is 19.4 Å². The van der Waals surface area contributed by atoms with E-state index in [1.165, 1.54) is 0 Å². The molecule has 1 aliphatic rings. The van der Waals surface area contributed by atoms with Crippen LogP contribution >= 0.6 is 11.6 Å². The molecule has 4 rings (SSSR count). The first kappa shape index (κ1) is 20.4. The Morgan fingerprint density at radius 2 is 1.83 bits per heavy atom. The molecule has 3 aromatic carbocycles. The molecular weight excluding hydrogens is 396 g/mol. The topological polar surface area (TPSA) is 40.6 Å². The molecule has 1 unspecified atom stereocenters. The standard InChI is InChI=1S/C25H25ClN2O2/c1-27(16-18-7-4-11-21(26)15-18)24(29)20-10-6-14-28(17-20)25(30)23-13-5-9-19-8-2-3-12-22(19)23/h2-5,7-9,11-13,15,20H,6,10,14,16-17H2,1H3. The maximum atomic E-state index is 13.3.